The summed E-state index contributed by atoms with van der Waals surface area (Å²) in [6.07, 6.45) is 2.80. The van der Waals surface area contributed by atoms with Gasteiger partial charge in [-0.1, -0.05) is 12.1 Å². The third-order valence-corrected chi connectivity index (χ3v) is 2.39. The lowest BCUT2D eigenvalue weighted by molar-refractivity contribution is 0.111. The molecular formula is C14H15NO2. The third-order valence-electron chi connectivity index (χ3n) is 2.39. The summed E-state index contributed by atoms with van der Waals surface area (Å²) in [4.78, 5) is 13.5. The zero-order valence-electron chi connectivity index (χ0n) is 9.94. The molecule has 1 aromatic carbocycles. The van der Waals surface area contributed by atoms with Gasteiger partial charge in [-0.15, -0.1) is 0 Å². The number of carbonyl (C=O) groups is 1. The SMILES string of the molecule is CC(C)Oc1ccc(-c2c[nH]c(C=O)c2)cc1. The monoisotopic (exact) mass is 229 g/mol. The molecular weight excluding hydrogens is 214 g/mol. The van der Waals surface area contributed by atoms with Crippen LogP contribution in [0.1, 0.15) is 24.3 Å². The van der Waals surface area contributed by atoms with Crippen molar-refractivity contribution in [2.24, 2.45) is 0 Å². The van der Waals surface area contributed by atoms with Crippen molar-refractivity contribution >= 4 is 6.29 Å². The molecule has 1 N–H and O–H groups in total. The van der Waals surface area contributed by atoms with Crippen molar-refractivity contribution in [1.82, 2.24) is 4.98 Å². The predicted molar refractivity (Wildman–Crippen MR) is 67.4 cm³/mol. The zero-order chi connectivity index (χ0) is 12.3. The van der Waals surface area contributed by atoms with Crippen LogP contribution >= 0.6 is 0 Å². The Labute approximate surface area is 100 Å². The van der Waals surface area contributed by atoms with E-state index in [4.69, 9.17) is 4.74 Å². The number of hydrogen-bond donors (Lipinski definition) is 1. The topological polar surface area (TPSA) is 42.1 Å². The number of nitrogens with one attached hydrogen (secondary N) is 1. The van der Waals surface area contributed by atoms with Gasteiger partial charge in [0, 0.05) is 6.20 Å². The average Bonchev–Trinajstić information content (AvgIpc) is 2.78. The van der Waals surface area contributed by atoms with Gasteiger partial charge in [-0.05, 0) is 43.2 Å². The molecule has 0 unspecified atom stereocenters. The summed E-state index contributed by atoms with van der Waals surface area (Å²) in [5.74, 6) is 0.856. The molecule has 0 aliphatic heterocycles. The van der Waals surface area contributed by atoms with Gasteiger partial charge in [0.25, 0.3) is 0 Å². The first-order chi connectivity index (χ1) is 8.19. The van der Waals surface area contributed by atoms with Crippen molar-refractivity contribution in [1.29, 1.82) is 0 Å². The van der Waals surface area contributed by atoms with Crippen molar-refractivity contribution in [2.45, 2.75) is 20.0 Å². The summed E-state index contributed by atoms with van der Waals surface area (Å²) in [7, 11) is 0. The Bertz CT molecular complexity index is 497. The van der Waals surface area contributed by atoms with Gasteiger partial charge < -0.3 is 9.72 Å². The van der Waals surface area contributed by atoms with E-state index in [1.165, 1.54) is 0 Å². The minimum absolute atomic E-state index is 0.176. The molecule has 0 fully saturated rings. The highest BCUT2D eigenvalue weighted by atomic mass is 16.5. The van der Waals surface area contributed by atoms with Gasteiger partial charge in [-0.2, -0.15) is 0 Å². The Morgan fingerprint density at radius 2 is 1.88 bits per heavy atom. The number of carbonyl (C=O) groups excluding carboxylic acids is 1. The summed E-state index contributed by atoms with van der Waals surface area (Å²) in [5, 5.41) is 0. The molecule has 88 valence electrons. The number of rotatable bonds is 4. The van der Waals surface area contributed by atoms with Crippen molar-refractivity contribution in [2.75, 3.05) is 0 Å². The summed E-state index contributed by atoms with van der Waals surface area (Å²) in [5.41, 5.74) is 2.65. The van der Waals surface area contributed by atoms with Crippen LogP contribution in [-0.4, -0.2) is 17.4 Å². The van der Waals surface area contributed by atoms with E-state index < -0.39 is 0 Å². The van der Waals surface area contributed by atoms with E-state index >= 15 is 0 Å². The molecule has 0 spiro atoms. The maximum atomic E-state index is 10.6. The van der Waals surface area contributed by atoms with Gasteiger partial charge in [0.05, 0.1) is 11.8 Å². The molecule has 1 heterocycles. The first-order valence-corrected chi connectivity index (χ1v) is 5.59. The minimum atomic E-state index is 0.176. The zero-order valence-corrected chi connectivity index (χ0v) is 9.94. The van der Waals surface area contributed by atoms with Crippen LogP contribution in [0.4, 0.5) is 0 Å². The molecule has 0 atom stereocenters. The molecule has 0 aliphatic rings. The first-order valence-electron chi connectivity index (χ1n) is 5.59. The summed E-state index contributed by atoms with van der Waals surface area (Å²) >= 11 is 0. The highest BCUT2D eigenvalue weighted by molar-refractivity contribution is 5.77. The third kappa shape index (κ3) is 2.75. The Balaban J connectivity index is 2.19. The number of benzene rings is 1. The van der Waals surface area contributed by atoms with Crippen LogP contribution < -0.4 is 4.74 Å². The second kappa shape index (κ2) is 4.87. The molecule has 0 aliphatic carbocycles. The van der Waals surface area contributed by atoms with E-state index in [-0.39, 0.29) is 6.10 Å². The van der Waals surface area contributed by atoms with Crippen molar-refractivity contribution in [3.8, 4) is 16.9 Å². The van der Waals surface area contributed by atoms with Gasteiger partial charge in [-0.25, -0.2) is 0 Å². The molecule has 3 heteroatoms. The van der Waals surface area contributed by atoms with Crippen LogP contribution in [0.25, 0.3) is 11.1 Å². The van der Waals surface area contributed by atoms with Gasteiger partial charge in [-0.3, -0.25) is 4.79 Å². The van der Waals surface area contributed by atoms with E-state index in [1.54, 1.807) is 0 Å². The van der Waals surface area contributed by atoms with Crippen LogP contribution in [0.2, 0.25) is 0 Å². The largest absolute Gasteiger partial charge is 0.491 e. The Morgan fingerprint density at radius 3 is 2.41 bits per heavy atom. The Kier molecular flexibility index (Phi) is 3.28. The second-order valence-corrected chi connectivity index (χ2v) is 4.15. The van der Waals surface area contributed by atoms with Crippen LogP contribution in [0, 0.1) is 0 Å². The lowest BCUT2D eigenvalue weighted by atomic mass is 10.1. The quantitative estimate of drug-likeness (QED) is 0.817. The van der Waals surface area contributed by atoms with Crippen LogP contribution in [-0.2, 0) is 0 Å². The predicted octanol–water partition coefficient (Wildman–Crippen LogP) is 3.28. The number of aromatic nitrogens is 1. The fraction of sp³-hybridized carbons (Fsp3) is 0.214. The van der Waals surface area contributed by atoms with Gasteiger partial charge in [0.2, 0.25) is 0 Å². The average molecular weight is 229 g/mol. The van der Waals surface area contributed by atoms with Gasteiger partial charge in [0.15, 0.2) is 6.29 Å². The molecule has 2 aromatic rings. The van der Waals surface area contributed by atoms with Crippen molar-refractivity contribution in [3.05, 3.63) is 42.2 Å². The summed E-state index contributed by atoms with van der Waals surface area (Å²) in [6.45, 7) is 3.99. The van der Waals surface area contributed by atoms with E-state index in [1.807, 2.05) is 50.4 Å². The first kappa shape index (κ1) is 11.5. The second-order valence-electron chi connectivity index (χ2n) is 4.15. The van der Waals surface area contributed by atoms with E-state index in [9.17, 15) is 4.79 Å². The normalized spacial score (nSPS) is 10.5. The number of aromatic amines is 1. The summed E-state index contributed by atoms with van der Waals surface area (Å²) < 4.78 is 5.57. The minimum Gasteiger partial charge on any atom is -0.491 e. The molecule has 2 rings (SSSR count). The van der Waals surface area contributed by atoms with Gasteiger partial charge >= 0.3 is 0 Å². The Hall–Kier alpha value is -2.03. The lowest BCUT2D eigenvalue weighted by Crippen LogP contribution is -2.05. The highest BCUT2D eigenvalue weighted by Gasteiger charge is 2.02. The molecule has 0 bridgehead atoms. The molecule has 3 nitrogen and oxygen atoms in total. The molecule has 1 aromatic heterocycles. The molecule has 0 saturated carbocycles. The standard InChI is InChI=1S/C14H15NO2/c1-10(2)17-14-5-3-11(4-6-14)12-7-13(9-16)15-8-12/h3-10,15H,1-2H3. The van der Waals surface area contributed by atoms with Gasteiger partial charge in [0.1, 0.15) is 5.75 Å². The smallest absolute Gasteiger partial charge is 0.166 e. The Morgan fingerprint density at radius 1 is 1.18 bits per heavy atom. The van der Waals surface area contributed by atoms with E-state index in [0.717, 1.165) is 23.2 Å². The molecule has 0 saturated heterocycles. The van der Waals surface area contributed by atoms with Crippen molar-refractivity contribution in [3.63, 3.8) is 0 Å². The fourth-order valence-electron chi connectivity index (χ4n) is 1.64. The van der Waals surface area contributed by atoms with Crippen LogP contribution in [0.15, 0.2) is 36.5 Å². The van der Waals surface area contributed by atoms with Crippen molar-refractivity contribution < 1.29 is 9.53 Å². The maximum Gasteiger partial charge on any atom is 0.166 e. The lowest BCUT2D eigenvalue weighted by Gasteiger charge is -2.09. The molecule has 0 amide bonds. The van der Waals surface area contributed by atoms with E-state index in [0.29, 0.717) is 5.69 Å². The number of ether oxygens (including phenoxy) is 1. The molecule has 17 heavy (non-hydrogen) atoms. The summed E-state index contributed by atoms with van der Waals surface area (Å²) in [6, 6.07) is 9.65. The van der Waals surface area contributed by atoms with Crippen LogP contribution in [0.5, 0.6) is 5.75 Å². The fourth-order valence-corrected chi connectivity index (χ4v) is 1.64. The molecule has 0 radical (unpaired) electrons. The number of H-pyrrole nitrogens is 1. The highest BCUT2D eigenvalue weighted by Crippen LogP contribution is 2.23. The van der Waals surface area contributed by atoms with Crippen LogP contribution in [0.3, 0.4) is 0 Å². The number of hydrogen-bond acceptors (Lipinski definition) is 2. The maximum absolute atomic E-state index is 10.6. The van der Waals surface area contributed by atoms with E-state index in [2.05, 4.69) is 4.98 Å². The number of aldehydes is 1.